The van der Waals surface area contributed by atoms with Gasteiger partial charge in [0.05, 0.1) is 16.9 Å². The number of pyridine rings is 1. The zero-order valence-electron chi connectivity index (χ0n) is 15.2. The quantitative estimate of drug-likeness (QED) is 0.564. The fraction of sp³-hybridized carbons (Fsp3) is 0.278. The SMILES string of the molecule is CNC(C)Cc1noc(-c2nnn(-c3cccc4ncccc34)c2C)n1.Cl. The molecule has 0 radical (unpaired) electrons. The number of hydrogen-bond acceptors (Lipinski definition) is 7. The molecule has 0 aliphatic carbocycles. The molecule has 3 aromatic heterocycles. The first-order valence-electron chi connectivity index (χ1n) is 8.44. The summed E-state index contributed by atoms with van der Waals surface area (Å²) in [6.45, 7) is 4.00. The number of likely N-dealkylation sites (N-methyl/N-ethyl adjacent to an activating group) is 1. The smallest absolute Gasteiger partial charge is 0.280 e. The molecule has 0 saturated carbocycles. The molecule has 1 aromatic carbocycles. The van der Waals surface area contributed by atoms with E-state index >= 15 is 0 Å². The normalized spacial score (nSPS) is 12.1. The number of benzene rings is 1. The van der Waals surface area contributed by atoms with Crippen molar-refractivity contribution in [3.05, 3.63) is 48.0 Å². The molecule has 4 rings (SSSR count). The summed E-state index contributed by atoms with van der Waals surface area (Å²) < 4.78 is 7.17. The second kappa shape index (κ2) is 7.81. The molecule has 0 bridgehead atoms. The van der Waals surface area contributed by atoms with E-state index in [0.29, 0.717) is 23.8 Å². The molecule has 0 saturated heterocycles. The summed E-state index contributed by atoms with van der Waals surface area (Å²) in [6, 6.07) is 10.1. The Bertz CT molecular complexity index is 1050. The largest absolute Gasteiger partial charge is 0.332 e. The third-order valence-electron chi connectivity index (χ3n) is 4.40. The predicted molar refractivity (Wildman–Crippen MR) is 104 cm³/mol. The summed E-state index contributed by atoms with van der Waals surface area (Å²) in [4.78, 5) is 8.85. The van der Waals surface area contributed by atoms with Crippen molar-refractivity contribution in [1.29, 1.82) is 0 Å². The summed E-state index contributed by atoms with van der Waals surface area (Å²) in [5, 5.41) is 16.8. The third-order valence-corrected chi connectivity index (χ3v) is 4.40. The zero-order valence-corrected chi connectivity index (χ0v) is 16.1. The monoisotopic (exact) mass is 385 g/mol. The molecule has 0 fully saturated rings. The van der Waals surface area contributed by atoms with E-state index in [1.807, 2.05) is 44.3 Å². The third kappa shape index (κ3) is 3.54. The van der Waals surface area contributed by atoms with Crippen LogP contribution in [-0.2, 0) is 6.42 Å². The Morgan fingerprint density at radius 3 is 2.89 bits per heavy atom. The number of nitrogens with zero attached hydrogens (tertiary/aromatic N) is 6. The van der Waals surface area contributed by atoms with Crippen LogP contribution in [0.2, 0.25) is 0 Å². The van der Waals surface area contributed by atoms with Gasteiger partial charge in [0, 0.05) is 24.0 Å². The molecule has 1 unspecified atom stereocenters. The van der Waals surface area contributed by atoms with E-state index in [1.54, 1.807) is 10.9 Å². The first-order valence-corrected chi connectivity index (χ1v) is 8.44. The maximum absolute atomic E-state index is 5.40. The van der Waals surface area contributed by atoms with E-state index < -0.39 is 0 Å². The lowest BCUT2D eigenvalue weighted by Gasteiger charge is -2.06. The molecule has 8 nitrogen and oxygen atoms in total. The summed E-state index contributed by atoms with van der Waals surface area (Å²) in [5.41, 5.74) is 3.23. The van der Waals surface area contributed by atoms with Gasteiger partial charge >= 0.3 is 0 Å². The highest BCUT2D eigenvalue weighted by atomic mass is 35.5. The second-order valence-corrected chi connectivity index (χ2v) is 6.19. The van der Waals surface area contributed by atoms with Crippen LogP contribution >= 0.6 is 12.4 Å². The molecule has 27 heavy (non-hydrogen) atoms. The molecule has 4 aromatic rings. The molecule has 9 heteroatoms. The fourth-order valence-corrected chi connectivity index (χ4v) is 2.84. The van der Waals surface area contributed by atoms with Crippen molar-refractivity contribution in [2.75, 3.05) is 7.05 Å². The molecule has 140 valence electrons. The lowest BCUT2D eigenvalue weighted by molar-refractivity contribution is 0.417. The lowest BCUT2D eigenvalue weighted by Crippen LogP contribution is -2.24. The molecule has 1 N–H and O–H groups in total. The number of nitrogens with one attached hydrogen (secondary N) is 1. The predicted octanol–water partition coefficient (Wildman–Crippen LogP) is 2.75. The Hall–Kier alpha value is -2.84. The van der Waals surface area contributed by atoms with Gasteiger partial charge in [0.1, 0.15) is 0 Å². The standard InChI is InChI=1S/C18H19N7O.ClH/c1-11(19-3)10-16-21-18(26-23-16)17-12(2)25(24-22-17)15-8-4-7-14-13(15)6-5-9-20-14;/h4-9,11,19H,10H2,1-3H3;1H. The van der Waals surface area contributed by atoms with Crippen molar-refractivity contribution >= 4 is 23.3 Å². The van der Waals surface area contributed by atoms with Crippen molar-refractivity contribution < 1.29 is 4.52 Å². The van der Waals surface area contributed by atoms with Crippen LogP contribution in [0.25, 0.3) is 28.2 Å². The van der Waals surface area contributed by atoms with Gasteiger partial charge in [-0.15, -0.1) is 17.5 Å². The Morgan fingerprint density at radius 1 is 1.22 bits per heavy atom. The van der Waals surface area contributed by atoms with Crippen LogP contribution in [0, 0.1) is 6.92 Å². The summed E-state index contributed by atoms with van der Waals surface area (Å²) >= 11 is 0. The highest BCUT2D eigenvalue weighted by molar-refractivity contribution is 5.87. The van der Waals surface area contributed by atoms with Crippen molar-refractivity contribution in [3.8, 4) is 17.3 Å². The van der Waals surface area contributed by atoms with E-state index in [4.69, 9.17) is 4.52 Å². The average Bonchev–Trinajstić information content (AvgIpc) is 3.27. The average molecular weight is 386 g/mol. The topological polar surface area (TPSA) is 94.6 Å². The van der Waals surface area contributed by atoms with Gasteiger partial charge in [-0.2, -0.15) is 4.98 Å². The Balaban J connectivity index is 0.00000210. The van der Waals surface area contributed by atoms with Crippen LogP contribution in [0.3, 0.4) is 0 Å². The highest BCUT2D eigenvalue weighted by Gasteiger charge is 2.19. The van der Waals surface area contributed by atoms with Gasteiger partial charge in [0.25, 0.3) is 5.89 Å². The van der Waals surface area contributed by atoms with Gasteiger partial charge in [0.2, 0.25) is 0 Å². The number of halogens is 1. The molecule has 3 heterocycles. The highest BCUT2D eigenvalue weighted by Crippen LogP contribution is 2.25. The van der Waals surface area contributed by atoms with Crippen LogP contribution in [0.5, 0.6) is 0 Å². The molecule has 0 aliphatic heterocycles. The summed E-state index contributed by atoms with van der Waals surface area (Å²) in [5.74, 6) is 1.02. The Morgan fingerprint density at radius 2 is 2.07 bits per heavy atom. The van der Waals surface area contributed by atoms with E-state index in [-0.39, 0.29) is 18.4 Å². The van der Waals surface area contributed by atoms with Gasteiger partial charge in [-0.25, -0.2) is 4.68 Å². The maximum Gasteiger partial charge on any atom is 0.280 e. The fourth-order valence-electron chi connectivity index (χ4n) is 2.84. The van der Waals surface area contributed by atoms with Crippen molar-refractivity contribution in [3.63, 3.8) is 0 Å². The van der Waals surface area contributed by atoms with Gasteiger partial charge in [-0.1, -0.05) is 16.4 Å². The summed E-state index contributed by atoms with van der Waals surface area (Å²) in [7, 11) is 1.90. The molecule has 0 amide bonds. The van der Waals surface area contributed by atoms with Crippen LogP contribution in [0.15, 0.2) is 41.1 Å². The van der Waals surface area contributed by atoms with E-state index in [0.717, 1.165) is 22.3 Å². The Kier molecular flexibility index (Phi) is 5.48. The van der Waals surface area contributed by atoms with Crippen LogP contribution in [0.4, 0.5) is 0 Å². The minimum absolute atomic E-state index is 0. The van der Waals surface area contributed by atoms with E-state index in [2.05, 4.69) is 37.7 Å². The number of fused-ring (bicyclic) bond motifs is 1. The van der Waals surface area contributed by atoms with Gasteiger partial charge in [-0.3, -0.25) is 4.98 Å². The number of hydrogen-bond donors (Lipinski definition) is 1. The minimum Gasteiger partial charge on any atom is -0.332 e. The van der Waals surface area contributed by atoms with Crippen molar-refractivity contribution in [2.45, 2.75) is 26.3 Å². The van der Waals surface area contributed by atoms with Crippen molar-refractivity contribution in [2.24, 2.45) is 0 Å². The van der Waals surface area contributed by atoms with Gasteiger partial charge in [0.15, 0.2) is 11.5 Å². The zero-order chi connectivity index (χ0) is 18.1. The molecular formula is C18H20ClN7O. The number of aromatic nitrogens is 6. The van der Waals surface area contributed by atoms with Crippen molar-refractivity contribution in [1.82, 2.24) is 35.4 Å². The van der Waals surface area contributed by atoms with E-state index in [9.17, 15) is 0 Å². The minimum atomic E-state index is 0. The summed E-state index contributed by atoms with van der Waals surface area (Å²) in [6.07, 6.45) is 2.46. The molecular weight excluding hydrogens is 366 g/mol. The molecule has 0 aliphatic rings. The van der Waals surface area contributed by atoms with Crippen LogP contribution in [-0.4, -0.2) is 43.2 Å². The van der Waals surface area contributed by atoms with Crippen LogP contribution in [0.1, 0.15) is 18.4 Å². The van der Waals surface area contributed by atoms with E-state index in [1.165, 1.54) is 0 Å². The van der Waals surface area contributed by atoms with Gasteiger partial charge < -0.3 is 9.84 Å². The lowest BCUT2D eigenvalue weighted by atomic mass is 10.2. The first kappa shape index (κ1) is 18.9. The molecule has 0 spiro atoms. The first-order chi connectivity index (χ1) is 12.7. The Labute approximate surface area is 162 Å². The number of rotatable bonds is 5. The molecule has 1 atom stereocenters. The van der Waals surface area contributed by atoms with Gasteiger partial charge in [-0.05, 0) is 45.2 Å². The second-order valence-electron chi connectivity index (χ2n) is 6.19. The van der Waals surface area contributed by atoms with Crippen LogP contribution < -0.4 is 5.32 Å². The maximum atomic E-state index is 5.40.